The number of hydrogen-bond donors (Lipinski definition) is 0. The Bertz CT molecular complexity index is 799. The van der Waals surface area contributed by atoms with Gasteiger partial charge >= 0.3 is 6.03 Å². The minimum absolute atomic E-state index is 0.0931. The van der Waals surface area contributed by atoms with Gasteiger partial charge in [-0.3, -0.25) is 4.90 Å². The predicted octanol–water partition coefficient (Wildman–Crippen LogP) is 1.87. The number of rotatable bonds is 7. The van der Waals surface area contributed by atoms with E-state index in [1.165, 1.54) is 18.2 Å². The molecule has 0 fully saturated rings. The molecule has 0 saturated heterocycles. The lowest BCUT2D eigenvalue weighted by Gasteiger charge is -2.23. The molecular weight excluding hydrogens is 378 g/mol. The van der Waals surface area contributed by atoms with Crippen molar-refractivity contribution in [1.82, 2.24) is 19.4 Å². The van der Waals surface area contributed by atoms with Crippen molar-refractivity contribution in [1.29, 1.82) is 0 Å². The molecule has 26 heavy (non-hydrogen) atoms. The molecule has 0 saturated carbocycles. The second-order valence-electron chi connectivity index (χ2n) is 5.52. The highest BCUT2D eigenvalue weighted by Gasteiger charge is 2.29. The molecule has 9 nitrogen and oxygen atoms in total. The van der Waals surface area contributed by atoms with Crippen LogP contribution in [0.2, 0.25) is 0 Å². The summed E-state index contributed by atoms with van der Waals surface area (Å²) in [5, 5.41) is 7.86. The Morgan fingerprint density at radius 3 is 2.54 bits per heavy atom. The van der Waals surface area contributed by atoms with Crippen molar-refractivity contribution in [2.24, 2.45) is 0 Å². The number of urea groups is 1. The van der Waals surface area contributed by atoms with E-state index >= 15 is 0 Å². The lowest BCUT2D eigenvalue weighted by Crippen LogP contribution is -2.41. The van der Waals surface area contributed by atoms with Crippen LogP contribution in [0.1, 0.15) is 20.3 Å². The maximum atomic E-state index is 12.7. The third-order valence-corrected chi connectivity index (χ3v) is 6.96. The Balaban J connectivity index is 2.14. The van der Waals surface area contributed by atoms with Gasteiger partial charge in [-0.15, -0.1) is 10.2 Å². The SMILES string of the molecule is CCN(CC)C(=O)N(C)c1nnc(S(=O)(=O)N(C)CC2=CCC=CO2)s1. The Morgan fingerprint density at radius 2 is 1.96 bits per heavy atom. The summed E-state index contributed by atoms with van der Waals surface area (Å²) >= 11 is 0.857. The van der Waals surface area contributed by atoms with Gasteiger partial charge in [-0.1, -0.05) is 11.3 Å². The average Bonchev–Trinajstić information content (AvgIpc) is 3.13. The van der Waals surface area contributed by atoms with E-state index < -0.39 is 10.0 Å². The molecule has 0 N–H and O–H groups in total. The van der Waals surface area contributed by atoms with Gasteiger partial charge in [-0.05, 0) is 32.4 Å². The number of allylic oxidation sites excluding steroid dienone is 2. The lowest BCUT2D eigenvalue weighted by molar-refractivity contribution is 0.211. The molecule has 11 heteroatoms. The molecule has 1 aromatic rings. The quantitative estimate of drug-likeness (QED) is 0.647. The number of sulfonamides is 1. The van der Waals surface area contributed by atoms with E-state index in [1.807, 2.05) is 26.0 Å². The fourth-order valence-corrected chi connectivity index (χ4v) is 4.48. The predicted molar refractivity (Wildman–Crippen MR) is 99.4 cm³/mol. The number of ether oxygens (including phenoxy) is 1. The van der Waals surface area contributed by atoms with Gasteiger partial charge in [0.25, 0.3) is 10.0 Å². The van der Waals surface area contributed by atoms with Crippen LogP contribution in [0.4, 0.5) is 9.93 Å². The fraction of sp³-hybridized carbons (Fsp3) is 0.533. The van der Waals surface area contributed by atoms with Crippen molar-refractivity contribution in [3.05, 3.63) is 24.2 Å². The Kier molecular flexibility index (Phi) is 6.73. The molecule has 0 spiro atoms. The molecule has 2 amide bonds. The van der Waals surface area contributed by atoms with Gasteiger partial charge in [-0.2, -0.15) is 4.31 Å². The summed E-state index contributed by atoms with van der Waals surface area (Å²) in [5.41, 5.74) is 0. The average molecular weight is 402 g/mol. The van der Waals surface area contributed by atoms with Gasteiger partial charge in [0.1, 0.15) is 5.76 Å². The number of likely N-dealkylation sites (N-methyl/N-ethyl adjacent to an activating group) is 1. The molecule has 2 heterocycles. The molecule has 0 radical (unpaired) electrons. The summed E-state index contributed by atoms with van der Waals surface area (Å²) in [6, 6.07) is -0.254. The van der Waals surface area contributed by atoms with Crippen molar-refractivity contribution >= 4 is 32.5 Å². The molecule has 0 unspecified atom stereocenters. The first-order valence-electron chi connectivity index (χ1n) is 8.14. The number of aromatic nitrogens is 2. The molecule has 0 aliphatic carbocycles. The normalized spacial score (nSPS) is 14.1. The van der Waals surface area contributed by atoms with Gasteiger partial charge in [-0.25, -0.2) is 13.2 Å². The van der Waals surface area contributed by atoms with E-state index in [1.54, 1.807) is 11.9 Å². The van der Waals surface area contributed by atoms with E-state index in [9.17, 15) is 13.2 Å². The van der Waals surface area contributed by atoms with Gasteiger partial charge in [0, 0.05) is 27.2 Å². The molecule has 2 rings (SSSR count). The number of carbonyl (C=O) groups is 1. The first-order valence-corrected chi connectivity index (χ1v) is 10.4. The standard InChI is InChI=1S/C15H23N5O4S2/c1-5-20(6-2)15(21)19(4)13-16-17-14(25-13)26(22,23)18(3)11-12-9-7-8-10-24-12/h8-10H,5-7,11H2,1-4H3. The summed E-state index contributed by atoms with van der Waals surface area (Å²) in [6.07, 6.45) is 5.88. The van der Waals surface area contributed by atoms with Gasteiger partial charge < -0.3 is 9.64 Å². The Labute approximate surface area is 157 Å². The van der Waals surface area contributed by atoms with E-state index in [0.29, 0.717) is 25.3 Å². The summed E-state index contributed by atoms with van der Waals surface area (Å²) < 4.78 is 31.6. The second kappa shape index (κ2) is 8.60. The molecule has 1 aromatic heterocycles. The molecular formula is C15H23N5O4S2. The smallest absolute Gasteiger partial charge is 0.326 e. The van der Waals surface area contributed by atoms with Crippen LogP contribution in [0.15, 0.2) is 28.5 Å². The number of hydrogen-bond acceptors (Lipinski definition) is 7. The van der Waals surface area contributed by atoms with Gasteiger partial charge in [0.2, 0.25) is 9.47 Å². The summed E-state index contributed by atoms with van der Waals surface area (Å²) in [6.45, 7) is 4.94. The van der Waals surface area contributed by atoms with Crippen LogP contribution >= 0.6 is 11.3 Å². The van der Waals surface area contributed by atoms with E-state index in [2.05, 4.69) is 10.2 Å². The molecule has 1 aliphatic rings. The number of carbonyl (C=O) groups excluding carboxylic acids is 1. The first kappa shape index (κ1) is 20.3. The second-order valence-corrected chi connectivity index (χ2v) is 8.70. The highest BCUT2D eigenvalue weighted by atomic mass is 32.2. The van der Waals surface area contributed by atoms with Crippen molar-refractivity contribution in [3.63, 3.8) is 0 Å². The third-order valence-electron chi connectivity index (χ3n) is 3.81. The van der Waals surface area contributed by atoms with Crippen LogP contribution in [0, 0.1) is 0 Å². The molecule has 144 valence electrons. The van der Waals surface area contributed by atoms with Crippen molar-refractivity contribution < 1.29 is 17.9 Å². The van der Waals surface area contributed by atoms with Crippen LogP contribution in [0.5, 0.6) is 0 Å². The topological polar surface area (TPSA) is 95.9 Å². The Morgan fingerprint density at radius 1 is 1.27 bits per heavy atom. The van der Waals surface area contributed by atoms with Crippen LogP contribution in [-0.4, -0.2) is 67.6 Å². The van der Waals surface area contributed by atoms with E-state index in [0.717, 1.165) is 15.6 Å². The largest absolute Gasteiger partial charge is 0.469 e. The first-order chi connectivity index (χ1) is 12.3. The highest BCUT2D eigenvalue weighted by molar-refractivity contribution is 7.91. The van der Waals surface area contributed by atoms with Gasteiger partial charge in [0.15, 0.2) is 0 Å². The maximum Gasteiger partial charge on any atom is 0.326 e. The van der Waals surface area contributed by atoms with E-state index in [4.69, 9.17) is 4.74 Å². The minimum atomic E-state index is -3.83. The van der Waals surface area contributed by atoms with Crippen molar-refractivity contribution in [2.75, 3.05) is 38.6 Å². The van der Waals surface area contributed by atoms with Crippen LogP contribution in [-0.2, 0) is 14.8 Å². The van der Waals surface area contributed by atoms with E-state index in [-0.39, 0.29) is 22.0 Å². The monoisotopic (exact) mass is 401 g/mol. The maximum absolute atomic E-state index is 12.7. The number of amides is 2. The minimum Gasteiger partial charge on any atom is -0.469 e. The lowest BCUT2D eigenvalue weighted by atomic mass is 10.3. The Hall–Kier alpha value is -1.98. The van der Waals surface area contributed by atoms with Crippen LogP contribution < -0.4 is 4.90 Å². The summed E-state index contributed by atoms with van der Waals surface area (Å²) in [4.78, 5) is 15.3. The number of anilines is 1. The summed E-state index contributed by atoms with van der Waals surface area (Å²) in [7, 11) is -0.828. The summed E-state index contributed by atoms with van der Waals surface area (Å²) in [5.74, 6) is 0.553. The highest BCUT2D eigenvalue weighted by Crippen LogP contribution is 2.26. The zero-order valence-electron chi connectivity index (χ0n) is 15.2. The zero-order chi connectivity index (χ0) is 19.3. The van der Waals surface area contributed by atoms with Crippen LogP contribution in [0.3, 0.4) is 0 Å². The van der Waals surface area contributed by atoms with Crippen LogP contribution in [0.25, 0.3) is 0 Å². The molecule has 0 atom stereocenters. The van der Waals surface area contributed by atoms with Crippen molar-refractivity contribution in [2.45, 2.75) is 24.6 Å². The molecule has 1 aliphatic heterocycles. The third kappa shape index (κ3) is 4.40. The fourth-order valence-electron chi connectivity index (χ4n) is 2.21. The number of nitrogens with zero attached hydrogens (tertiary/aromatic N) is 5. The molecule has 0 aromatic carbocycles. The molecule has 0 bridgehead atoms. The van der Waals surface area contributed by atoms with Crippen molar-refractivity contribution in [3.8, 4) is 0 Å². The zero-order valence-corrected chi connectivity index (χ0v) is 16.9. The van der Waals surface area contributed by atoms with Gasteiger partial charge in [0.05, 0.1) is 12.8 Å².